The lowest BCUT2D eigenvalue weighted by Crippen LogP contribution is -2.61. The quantitative estimate of drug-likeness (QED) is 0.128. The number of hydrogen-bond acceptors (Lipinski definition) is 4. The molecule has 0 spiro atoms. The van der Waals surface area contributed by atoms with Crippen LogP contribution in [0, 0.1) is 22.7 Å². The van der Waals surface area contributed by atoms with E-state index < -0.39 is 5.41 Å². The fourth-order valence-corrected chi connectivity index (χ4v) is 16.6. The Labute approximate surface area is 599 Å². The van der Waals surface area contributed by atoms with Crippen LogP contribution < -0.4 is 26.2 Å². The fraction of sp³-hybridized carbons (Fsp3) is 0.0417. The number of nitrogens with zero attached hydrogens (tertiary/aromatic N) is 6. The van der Waals surface area contributed by atoms with E-state index in [0.717, 1.165) is 156 Å². The molecule has 19 rings (SSSR count). The highest BCUT2D eigenvalue weighted by atomic mass is 15.2. The standard InChI is InChI=1S/C96H65BN6/c1-96(2,3)72-56-91-93-92(57-72)103(95-76(69-33-19-25-63(53-69)61-99)41-23-43-78(95)71-35-21-31-67(55-71)65-28-8-5-9-29-65)90-59-74(101-87-46-16-12-38-81(87)82-39-13-17-47-88(82)101)49-51-84(90)97(93)83-50-48-73(100-85-44-14-10-36-79(85)80-37-11-15-45-86(80)100)58-89(83)102(91)94-75(68-32-18-24-62(52-68)60-98)40-22-42-77(94)70-34-20-30-66(54-70)64-26-6-4-7-27-64/h4-59H,1-3H3. The number of para-hydroxylation sites is 6. The van der Waals surface area contributed by atoms with Crippen molar-refractivity contribution < 1.29 is 0 Å². The molecule has 0 saturated heterocycles. The molecule has 2 aliphatic rings. The first-order valence-corrected chi connectivity index (χ1v) is 35.3. The van der Waals surface area contributed by atoms with Gasteiger partial charge in [0.25, 0.3) is 6.71 Å². The Morgan fingerprint density at radius 1 is 0.282 bits per heavy atom. The highest BCUT2D eigenvalue weighted by Crippen LogP contribution is 2.55. The molecule has 15 aromatic carbocycles. The molecule has 2 aliphatic heterocycles. The molecule has 2 aromatic heterocycles. The highest BCUT2D eigenvalue weighted by molar-refractivity contribution is 7.00. The van der Waals surface area contributed by atoms with Crippen molar-refractivity contribution in [2.24, 2.45) is 0 Å². The van der Waals surface area contributed by atoms with E-state index >= 15 is 0 Å². The van der Waals surface area contributed by atoms with Crippen molar-refractivity contribution in [2.45, 2.75) is 26.2 Å². The molecule has 0 N–H and O–H groups in total. The van der Waals surface area contributed by atoms with Crippen LogP contribution >= 0.6 is 0 Å². The van der Waals surface area contributed by atoms with Crippen LogP contribution in [-0.4, -0.2) is 15.8 Å². The first-order valence-electron chi connectivity index (χ1n) is 35.3. The Morgan fingerprint density at radius 3 is 0.971 bits per heavy atom. The molecule has 0 radical (unpaired) electrons. The number of fused-ring (bicyclic) bond motifs is 10. The normalized spacial score (nSPS) is 12.3. The molecule has 0 bridgehead atoms. The van der Waals surface area contributed by atoms with E-state index in [1.165, 1.54) is 21.5 Å². The minimum absolute atomic E-state index is 0.325. The molecule has 17 aromatic rings. The Morgan fingerprint density at radius 2 is 0.602 bits per heavy atom. The molecule has 0 aliphatic carbocycles. The van der Waals surface area contributed by atoms with E-state index in [2.05, 4.69) is 355 Å². The Balaban J connectivity index is 0.984. The highest BCUT2D eigenvalue weighted by Gasteiger charge is 2.46. The topological polar surface area (TPSA) is 63.9 Å². The van der Waals surface area contributed by atoms with Gasteiger partial charge in [-0.2, -0.15) is 10.5 Å². The minimum Gasteiger partial charge on any atom is -0.310 e. The number of benzene rings is 15. The predicted molar refractivity (Wildman–Crippen MR) is 430 cm³/mol. The maximum Gasteiger partial charge on any atom is 0.252 e. The van der Waals surface area contributed by atoms with E-state index in [1.807, 2.05) is 36.4 Å². The lowest BCUT2D eigenvalue weighted by Gasteiger charge is -2.46. The molecule has 0 unspecified atom stereocenters. The Kier molecular flexibility index (Phi) is 14.2. The van der Waals surface area contributed by atoms with Crippen molar-refractivity contribution in [1.82, 2.24) is 9.13 Å². The molecule has 482 valence electrons. The second kappa shape index (κ2) is 24.2. The van der Waals surface area contributed by atoms with Crippen molar-refractivity contribution >= 4 is 101 Å². The van der Waals surface area contributed by atoms with Crippen LogP contribution in [0.25, 0.3) is 122 Å². The largest absolute Gasteiger partial charge is 0.310 e. The maximum absolute atomic E-state index is 10.8. The van der Waals surface area contributed by atoms with Gasteiger partial charge < -0.3 is 18.9 Å². The summed E-state index contributed by atoms with van der Waals surface area (Å²) in [5.74, 6) is 0. The first-order chi connectivity index (χ1) is 50.6. The summed E-state index contributed by atoms with van der Waals surface area (Å²) in [6, 6.07) is 129. The summed E-state index contributed by atoms with van der Waals surface area (Å²) >= 11 is 0. The minimum atomic E-state index is -0.407. The van der Waals surface area contributed by atoms with E-state index in [9.17, 15) is 10.5 Å². The van der Waals surface area contributed by atoms with Gasteiger partial charge in [-0.3, -0.25) is 0 Å². The van der Waals surface area contributed by atoms with Crippen LogP contribution in [0.4, 0.5) is 34.1 Å². The van der Waals surface area contributed by atoms with Gasteiger partial charge in [0.2, 0.25) is 0 Å². The Hall–Kier alpha value is -13.5. The summed E-state index contributed by atoms with van der Waals surface area (Å²) < 4.78 is 4.90. The summed E-state index contributed by atoms with van der Waals surface area (Å²) in [7, 11) is 0. The second-order valence-corrected chi connectivity index (χ2v) is 28.2. The van der Waals surface area contributed by atoms with Crippen molar-refractivity contribution in [1.29, 1.82) is 10.5 Å². The van der Waals surface area contributed by atoms with Crippen LogP contribution in [0.15, 0.2) is 340 Å². The van der Waals surface area contributed by atoms with Gasteiger partial charge in [-0.25, -0.2) is 0 Å². The number of aromatic nitrogens is 2. The summed E-state index contributed by atoms with van der Waals surface area (Å²) in [6.07, 6.45) is 0. The van der Waals surface area contributed by atoms with E-state index in [1.54, 1.807) is 0 Å². The molecule has 7 heteroatoms. The van der Waals surface area contributed by atoms with Crippen LogP contribution in [-0.2, 0) is 5.41 Å². The third-order valence-electron chi connectivity index (χ3n) is 21.3. The molecular weight excluding hydrogens is 1250 g/mol. The number of anilines is 6. The lowest BCUT2D eigenvalue weighted by molar-refractivity contribution is 0.590. The van der Waals surface area contributed by atoms with Crippen molar-refractivity contribution in [3.8, 4) is 90.3 Å². The first kappa shape index (κ1) is 60.7. The number of nitriles is 2. The van der Waals surface area contributed by atoms with E-state index in [4.69, 9.17) is 0 Å². The van der Waals surface area contributed by atoms with Gasteiger partial charge in [0.05, 0.1) is 56.7 Å². The van der Waals surface area contributed by atoms with Crippen LogP contribution in [0.1, 0.15) is 37.5 Å². The summed E-state index contributed by atoms with van der Waals surface area (Å²) in [5, 5.41) is 26.3. The summed E-state index contributed by atoms with van der Waals surface area (Å²) in [6.45, 7) is 6.69. The summed E-state index contributed by atoms with van der Waals surface area (Å²) in [5.41, 5.74) is 30.5. The van der Waals surface area contributed by atoms with Gasteiger partial charge >= 0.3 is 0 Å². The third-order valence-corrected chi connectivity index (χ3v) is 21.3. The van der Waals surface area contributed by atoms with Crippen molar-refractivity contribution in [3.05, 3.63) is 356 Å². The molecule has 0 atom stereocenters. The predicted octanol–water partition coefficient (Wildman–Crippen LogP) is 23.0. The molecular formula is C96H65BN6. The van der Waals surface area contributed by atoms with Crippen LogP contribution in [0.2, 0.25) is 0 Å². The smallest absolute Gasteiger partial charge is 0.252 e. The molecule has 6 nitrogen and oxygen atoms in total. The zero-order valence-corrected chi connectivity index (χ0v) is 57.1. The second-order valence-electron chi connectivity index (χ2n) is 28.2. The molecule has 0 saturated carbocycles. The maximum atomic E-state index is 10.8. The van der Waals surface area contributed by atoms with Gasteiger partial charge in [-0.1, -0.05) is 263 Å². The number of hydrogen-bond donors (Lipinski definition) is 0. The van der Waals surface area contributed by atoms with E-state index in [0.29, 0.717) is 11.1 Å². The van der Waals surface area contributed by atoms with Gasteiger partial charge in [-0.15, -0.1) is 0 Å². The van der Waals surface area contributed by atoms with Gasteiger partial charge in [-0.05, 0) is 169 Å². The summed E-state index contributed by atoms with van der Waals surface area (Å²) in [4.78, 5) is 5.22. The monoisotopic (exact) mass is 1310 g/mol. The lowest BCUT2D eigenvalue weighted by atomic mass is 9.33. The van der Waals surface area contributed by atoms with Crippen molar-refractivity contribution in [2.75, 3.05) is 9.80 Å². The Bertz CT molecular complexity index is 5930. The van der Waals surface area contributed by atoms with Gasteiger partial charge in [0.1, 0.15) is 0 Å². The van der Waals surface area contributed by atoms with Gasteiger partial charge in [0.15, 0.2) is 0 Å². The van der Waals surface area contributed by atoms with Crippen LogP contribution in [0.3, 0.4) is 0 Å². The molecule has 103 heavy (non-hydrogen) atoms. The zero-order valence-electron chi connectivity index (χ0n) is 57.1. The molecule has 0 fully saturated rings. The average molecular weight is 1310 g/mol. The number of rotatable bonds is 10. The molecule has 0 amide bonds. The molecule has 4 heterocycles. The fourth-order valence-electron chi connectivity index (χ4n) is 16.6. The SMILES string of the molecule is CC(C)(C)c1cc2c3c(c1)N(c1c(-c4cccc(C#N)c4)cccc1-c1cccc(-c4ccccc4)c1)c1cc(-n4c5ccccc5c5ccccc54)ccc1B3c1ccc(-n3c4ccccc4c4ccccc43)cc1N2c1c(-c2cccc(C#N)c2)cccc1-c1cccc(-c2ccccc2)c1. The average Bonchev–Trinajstić information content (AvgIpc) is 1.23. The van der Waals surface area contributed by atoms with E-state index in [-0.39, 0.29) is 6.71 Å². The van der Waals surface area contributed by atoms with Crippen LogP contribution in [0.5, 0.6) is 0 Å². The zero-order chi connectivity index (χ0) is 69.0. The van der Waals surface area contributed by atoms with Gasteiger partial charge in [0, 0.05) is 77.9 Å². The third kappa shape index (κ3) is 9.92. The van der Waals surface area contributed by atoms with Crippen molar-refractivity contribution in [3.63, 3.8) is 0 Å².